The predicted molar refractivity (Wildman–Crippen MR) is 46.5 cm³/mol. The van der Waals surface area contributed by atoms with Crippen molar-refractivity contribution in [2.24, 2.45) is 0 Å². The van der Waals surface area contributed by atoms with Gasteiger partial charge in [-0.1, -0.05) is 12.2 Å². The molecule has 0 amide bonds. The van der Waals surface area contributed by atoms with Gasteiger partial charge in [-0.15, -0.1) is 0 Å². The van der Waals surface area contributed by atoms with Crippen LogP contribution in [-0.2, 0) is 4.74 Å². The fraction of sp³-hybridized carbons (Fsp3) is 0.750. The molecule has 1 unspecified atom stereocenters. The van der Waals surface area contributed by atoms with Crippen LogP contribution in [0, 0.1) is 0 Å². The lowest BCUT2D eigenvalue weighted by Crippen LogP contribution is -1.81. The normalized spacial score (nSPS) is 23.9. The maximum Gasteiger partial charge on any atom is 0.0812 e. The third kappa shape index (κ3) is 3.96. The zero-order chi connectivity index (χ0) is 7.23. The lowest BCUT2D eigenvalue weighted by molar-refractivity contribution is 0.398. The van der Waals surface area contributed by atoms with Crippen molar-refractivity contribution >= 4 is 11.8 Å². The molecule has 2 heteroatoms. The Morgan fingerprint density at radius 2 is 2.40 bits per heavy atom. The molecular formula is C8H14OS. The largest absolute Gasteiger partial charge is 0.373 e. The average molecular weight is 158 g/mol. The van der Waals surface area contributed by atoms with Crippen LogP contribution in [0.15, 0.2) is 12.2 Å². The molecule has 1 fully saturated rings. The van der Waals surface area contributed by atoms with Crippen LogP contribution in [0.5, 0.6) is 0 Å². The first-order chi connectivity index (χ1) is 4.93. The minimum Gasteiger partial charge on any atom is -0.373 e. The number of allylic oxidation sites excluding steroid dienone is 1. The Kier molecular flexibility index (Phi) is 3.91. The minimum absolute atomic E-state index is 0.596. The van der Waals surface area contributed by atoms with Crippen molar-refractivity contribution in [3.05, 3.63) is 12.2 Å². The van der Waals surface area contributed by atoms with E-state index in [1.807, 2.05) is 11.8 Å². The van der Waals surface area contributed by atoms with Gasteiger partial charge in [-0.25, -0.2) is 0 Å². The summed E-state index contributed by atoms with van der Waals surface area (Å²) in [6.45, 7) is 0.996. The first-order valence-corrected chi connectivity index (χ1v) is 5.08. The summed E-state index contributed by atoms with van der Waals surface area (Å²) in [4.78, 5) is 0. The second kappa shape index (κ2) is 4.80. The Morgan fingerprint density at radius 1 is 1.60 bits per heavy atom. The molecule has 0 N–H and O–H groups in total. The number of ether oxygens (including phenoxy) is 1. The van der Waals surface area contributed by atoms with Crippen molar-refractivity contribution in [1.82, 2.24) is 0 Å². The minimum atomic E-state index is 0.596. The summed E-state index contributed by atoms with van der Waals surface area (Å²) >= 11 is 1.86. The molecule has 1 atom stereocenters. The number of hydrogen-bond donors (Lipinski definition) is 0. The maximum absolute atomic E-state index is 5.08. The summed E-state index contributed by atoms with van der Waals surface area (Å²) in [6.07, 6.45) is 9.59. The molecule has 10 heavy (non-hydrogen) atoms. The van der Waals surface area contributed by atoms with Crippen LogP contribution in [-0.4, -0.2) is 24.7 Å². The van der Waals surface area contributed by atoms with Gasteiger partial charge in [0.2, 0.25) is 0 Å². The van der Waals surface area contributed by atoms with Crippen LogP contribution in [0.25, 0.3) is 0 Å². The SMILES string of the molecule is CSC/C=C/CCC1CO1. The van der Waals surface area contributed by atoms with Gasteiger partial charge in [-0.05, 0) is 19.1 Å². The molecule has 0 saturated carbocycles. The van der Waals surface area contributed by atoms with Gasteiger partial charge in [0.1, 0.15) is 0 Å². The molecule has 0 aromatic heterocycles. The van der Waals surface area contributed by atoms with Crippen LogP contribution in [0.4, 0.5) is 0 Å². The van der Waals surface area contributed by atoms with Gasteiger partial charge in [0.05, 0.1) is 12.7 Å². The third-order valence-corrected chi connectivity index (χ3v) is 2.01. The summed E-state index contributed by atoms with van der Waals surface area (Å²) in [5.41, 5.74) is 0. The van der Waals surface area contributed by atoms with Crippen molar-refractivity contribution in [3.63, 3.8) is 0 Å². The van der Waals surface area contributed by atoms with E-state index in [1.165, 1.54) is 12.8 Å². The van der Waals surface area contributed by atoms with E-state index in [-0.39, 0.29) is 0 Å². The number of epoxide rings is 1. The summed E-state index contributed by atoms with van der Waals surface area (Å²) in [5.74, 6) is 1.14. The smallest absolute Gasteiger partial charge is 0.0812 e. The predicted octanol–water partition coefficient (Wildman–Crippen LogP) is 2.08. The number of rotatable bonds is 5. The standard InChI is InChI=1S/C8H14OS/c1-10-6-4-2-3-5-8-7-9-8/h2,4,8H,3,5-7H2,1H3/b4-2+. The fourth-order valence-corrected chi connectivity index (χ4v) is 1.13. The highest BCUT2D eigenvalue weighted by molar-refractivity contribution is 7.98. The molecule has 0 spiro atoms. The van der Waals surface area contributed by atoms with Gasteiger partial charge >= 0.3 is 0 Å². The van der Waals surface area contributed by atoms with Crippen molar-refractivity contribution < 1.29 is 4.74 Å². The Balaban J connectivity index is 1.83. The van der Waals surface area contributed by atoms with Gasteiger partial charge < -0.3 is 4.74 Å². The molecule has 1 aliphatic heterocycles. The molecule has 0 aromatic rings. The molecule has 1 rings (SSSR count). The first-order valence-electron chi connectivity index (χ1n) is 3.69. The Labute approximate surface area is 66.8 Å². The van der Waals surface area contributed by atoms with E-state index >= 15 is 0 Å². The fourth-order valence-electron chi connectivity index (χ4n) is 0.799. The summed E-state index contributed by atoms with van der Waals surface area (Å²) in [6, 6.07) is 0. The quantitative estimate of drug-likeness (QED) is 0.449. The molecule has 1 saturated heterocycles. The maximum atomic E-state index is 5.08. The number of hydrogen-bond acceptors (Lipinski definition) is 2. The Bertz CT molecular complexity index is 108. The van der Waals surface area contributed by atoms with Gasteiger partial charge in [-0.3, -0.25) is 0 Å². The van der Waals surface area contributed by atoms with E-state index < -0.39 is 0 Å². The van der Waals surface area contributed by atoms with Crippen molar-refractivity contribution in [2.45, 2.75) is 18.9 Å². The van der Waals surface area contributed by atoms with Gasteiger partial charge in [0, 0.05) is 5.75 Å². The van der Waals surface area contributed by atoms with Crippen LogP contribution >= 0.6 is 11.8 Å². The molecule has 0 aliphatic carbocycles. The van der Waals surface area contributed by atoms with E-state index in [4.69, 9.17) is 4.74 Å². The molecule has 1 aliphatic rings. The molecule has 0 aromatic carbocycles. The van der Waals surface area contributed by atoms with E-state index in [1.54, 1.807) is 0 Å². The molecule has 0 bridgehead atoms. The van der Waals surface area contributed by atoms with Gasteiger partial charge in [0.15, 0.2) is 0 Å². The van der Waals surface area contributed by atoms with Crippen LogP contribution in [0.1, 0.15) is 12.8 Å². The molecule has 0 radical (unpaired) electrons. The molecule has 1 nitrogen and oxygen atoms in total. The summed E-state index contributed by atoms with van der Waals surface area (Å²) in [5, 5.41) is 0. The summed E-state index contributed by atoms with van der Waals surface area (Å²) < 4.78 is 5.08. The highest BCUT2D eigenvalue weighted by Crippen LogP contribution is 2.15. The lowest BCUT2D eigenvalue weighted by atomic mass is 10.2. The van der Waals surface area contributed by atoms with E-state index in [2.05, 4.69) is 18.4 Å². The van der Waals surface area contributed by atoms with Crippen molar-refractivity contribution in [2.75, 3.05) is 18.6 Å². The molecule has 1 heterocycles. The van der Waals surface area contributed by atoms with Crippen LogP contribution in [0.3, 0.4) is 0 Å². The molecular weight excluding hydrogens is 144 g/mol. The van der Waals surface area contributed by atoms with Crippen molar-refractivity contribution in [3.8, 4) is 0 Å². The van der Waals surface area contributed by atoms with E-state index in [0.29, 0.717) is 6.10 Å². The van der Waals surface area contributed by atoms with Crippen LogP contribution in [0.2, 0.25) is 0 Å². The first kappa shape index (κ1) is 8.15. The highest BCUT2D eigenvalue weighted by atomic mass is 32.2. The average Bonchev–Trinajstić information content (AvgIpc) is 2.71. The van der Waals surface area contributed by atoms with Gasteiger partial charge in [0.25, 0.3) is 0 Å². The monoisotopic (exact) mass is 158 g/mol. The van der Waals surface area contributed by atoms with Gasteiger partial charge in [-0.2, -0.15) is 11.8 Å². The summed E-state index contributed by atoms with van der Waals surface area (Å²) in [7, 11) is 0. The second-order valence-corrected chi connectivity index (χ2v) is 3.37. The number of thioether (sulfide) groups is 1. The highest BCUT2D eigenvalue weighted by Gasteiger charge is 2.20. The third-order valence-electron chi connectivity index (χ3n) is 1.49. The van der Waals surface area contributed by atoms with Crippen molar-refractivity contribution in [1.29, 1.82) is 0 Å². The topological polar surface area (TPSA) is 12.5 Å². The van der Waals surface area contributed by atoms with E-state index in [0.717, 1.165) is 12.4 Å². The zero-order valence-electron chi connectivity index (χ0n) is 6.38. The Hall–Kier alpha value is 0.0500. The van der Waals surface area contributed by atoms with Crippen LogP contribution < -0.4 is 0 Å². The zero-order valence-corrected chi connectivity index (χ0v) is 7.19. The lowest BCUT2D eigenvalue weighted by Gasteiger charge is -1.87. The second-order valence-electron chi connectivity index (χ2n) is 2.46. The Morgan fingerprint density at radius 3 is 3.00 bits per heavy atom. The molecule has 58 valence electrons. The van der Waals surface area contributed by atoms with E-state index in [9.17, 15) is 0 Å².